The van der Waals surface area contributed by atoms with Gasteiger partial charge in [0.1, 0.15) is 0 Å². The van der Waals surface area contributed by atoms with Crippen LogP contribution in [0.5, 0.6) is 0 Å². The molecule has 0 spiro atoms. The molecule has 2 heteroatoms. The summed E-state index contributed by atoms with van der Waals surface area (Å²) in [4.78, 5) is 12.9. The quantitative estimate of drug-likeness (QED) is 0.556. The second-order valence-electron chi connectivity index (χ2n) is 3.72. The lowest BCUT2D eigenvalue weighted by Gasteiger charge is -2.15. The molecule has 15 heavy (non-hydrogen) atoms. The van der Waals surface area contributed by atoms with Gasteiger partial charge in [-0.2, -0.15) is 0 Å². The van der Waals surface area contributed by atoms with Crippen LogP contribution in [0.2, 0.25) is 0 Å². The third-order valence-electron chi connectivity index (χ3n) is 2.56. The highest BCUT2D eigenvalue weighted by atomic mass is 32.2. The molecule has 0 saturated carbocycles. The minimum atomic E-state index is 0.222. The Morgan fingerprint density at radius 1 is 1.20 bits per heavy atom. The predicted octanol–water partition coefficient (Wildman–Crippen LogP) is 3.66. The first-order chi connectivity index (χ1) is 7.36. The second-order valence-corrected chi connectivity index (χ2v) is 4.79. The zero-order chi connectivity index (χ0) is 10.5. The summed E-state index contributed by atoms with van der Waals surface area (Å²) in [6.45, 7) is 0. The summed E-state index contributed by atoms with van der Waals surface area (Å²) in [7, 11) is 0. The number of carbonyl (C=O) groups excluding carboxylic acids is 1. The summed E-state index contributed by atoms with van der Waals surface area (Å²) in [5, 5.41) is 0.311. The standard InChI is InChI=1S/C13H14OS/c14-13(11-7-3-1-4-8-11)15-12-9-5-2-6-10-12/h1-3,5-6,9-11H,4,7-8H2. The number of carbonyl (C=O) groups is 1. The summed E-state index contributed by atoms with van der Waals surface area (Å²) in [5.41, 5.74) is 0. The Kier molecular flexibility index (Phi) is 3.62. The fourth-order valence-electron chi connectivity index (χ4n) is 1.70. The minimum Gasteiger partial charge on any atom is -0.287 e. The number of thioether (sulfide) groups is 1. The van der Waals surface area contributed by atoms with E-state index < -0.39 is 0 Å². The van der Waals surface area contributed by atoms with Crippen LogP contribution in [0, 0.1) is 5.92 Å². The topological polar surface area (TPSA) is 17.1 Å². The molecular weight excluding hydrogens is 204 g/mol. The lowest BCUT2D eigenvalue weighted by Crippen LogP contribution is -2.11. The molecule has 78 valence electrons. The second kappa shape index (κ2) is 5.17. The maximum absolute atomic E-state index is 11.9. The van der Waals surface area contributed by atoms with Crippen molar-refractivity contribution in [2.24, 2.45) is 5.92 Å². The van der Waals surface area contributed by atoms with E-state index in [1.54, 1.807) is 0 Å². The molecule has 1 aliphatic carbocycles. The average molecular weight is 218 g/mol. The van der Waals surface area contributed by atoms with Crippen molar-refractivity contribution in [1.29, 1.82) is 0 Å². The minimum absolute atomic E-state index is 0.222. The molecule has 1 unspecified atom stereocenters. The van der Waals surface area contributed by atoms with Crippen LogP contribution in [0.1, 0.15) is 19.3 Å². The normalized spacial score (nSPS) is 20.1. The van der Waals surface area contributed by atoms with Gasteiger partial charge in [-0.05, 0) is 31.4 Å². The van der Waals surface area contributed by atoms with Gasteiger partial charge in [-0.3, -0.25) is 4.79 Å². The van der Waals surface area contributed by atoms with Crippen molar-refractivity contribution in [2.45, 2.75) is 24.2 Å². The fourth-order valence-corrected chi connectivity index (χ4v) is 2.60. The first-order valence-corrected chi connectivity index (χ1v) is 6.09. The molecule has 1 atom stereocenters. The van der Waals surface area contributed by atoms with Gasteiger partial charge in [-0.25, -0.2) is 0 Å². The Balaban J connectivity index is 1.95. The van der Waals surface area contributed by atoms with Crippen molar-refractivity contribution < 1.29 is 4.79 Å². The van der Waals surface area contributed by atoms with Crippen LogP contribution in [0.15, 0.2) is 47.4 Å². The monoisotopic (exact) mass is 218 g/mol. The predicted molar refractivity (Wildman–Crippen MR) is 63.8 cm³/mol. The number of hydrogen-bond donors (Lipinski definition) is 0. The molecule has 0 heterocycles. The van der Waals surface area contributed by atoms with Crippen LogP contribution in [0.4, 0.5) is 0 Å². The van der Waals surface area contributed by atoms with E-state index in [-0.39, 0.29) is 5.92 Å². The maximum atomic E-state index is 11.9. The Bertz CT molecular complexity index is 356. The third kappa shape index (κ3) is 2.96. The Morgan fingerprint density at radius 2 is 2.00 bits per heavy atom. The molecular formula is C13H14OS. The molecule has 1 nitrogen and oxygen atoms in total. The number of hydrogen-bond acceptors (Lipinski definition) is 2. The molecule has 0 aliphatic heterocycles. The van der Waals surface area contributed by atoms with Crippen molar-refractivity contribution >= 4 is 16.9 Å². The SMILES string of the molecule is O=C(Sc1ccccc1)C1CC=CCC1. The van der Waals surface area contributed by atoms with E-state index in [1.807, 2.05) is 30.3 Å². The van der Waals surface area contributed by atoms with E-state index in [2.05, 4.69) is 12.2 Å². The first kappa shape index (κ1) is 10.5. The zero-order valence-electron chi connectivity index (χ0n) is 8.56. The molecule has 1 aliphatic rings. The van der Waals surface area contributed by atoms with Crippen molar-refractivity contribution in [3.63, 3.8) is 0 Å². The summed E-state index contributed by atoms with van der Waals surface area (Å²) in [6, 6.07) is 9.88. The van der Waals surface area contributed by atoms with Crippen LogP contribution >= 0.6 is 11.8 Å². The highest BCUT2D eigenvalue weighted by molar-refractivity contribution is 8.13. The van der Waals surface area contributed by atoms with Crippen molar-refractivity contribution in [1.82, 2.24) is 0 Å². The molecule has 0 bridgehead atoms. The van der Waals surface area contributed by atoms with E-state index in [0.717, 1.165) is 24.2 Å². The molecule has 0 radical (unpaired) electrons. The Labute approximate surface area is 94.6 Å². The molecule has 1 aromatic carbocycles. The number of allylic oxidation sites excluding steroid dienone is 2. The van der Waals surface area contributed by atoms with Crippen LogP contribution in [0.25, 0.3) is 0 Å². The van der Waals surface area contributed by atoms with E-state index in [4.69, 9.17) is 0 Å². The van der Waals surface area contributed by atoms with Crippen LogP contribution in [0.3, 0.4) is 0 Å². The highest BCUT2D eigenvalue weighted by Crippen LogP contribution is 2.28. The van der Waals surface area contributed by atoms with Gasteiger partial charge in [-0.15, -0.1) is 0 Å². The van der Waals surface area contributed by atoms with Crippen LogP contribution < -0.4 is 0 Å². The van der Waals surface area contributed by atoms with Crippen molar-refractivity contribution in [3.05, 3.63) is 42.5 Å². The van der Waals surface area contributed by atoms with Gasteiger partial charge in [0.25, 0.3) is 0 Å². The van der Waals surface area contributed by atoms with Gasteiger partial charge in [-0.1, -0.05) is 42.1 Å². The number of benzene rings is 1. The third-order valence-corrected chi connectivity index (χ3v) is 3.61. The zero-order valence-corrected chi connectivity index (χ0v) is 9.37. The van der Waals surface area contributed by atoms with Crippen LogP contribution in [-0.2, 0) is 4.79 Å². The molecule has 1 aromatic rings. The molecule has 0 amide bonds. The lowest BCUT2D eigenvalue weighted by molar-refractivity contribution is -0.114. The summed E-state index contributed by atoms with van der Waals surface area (Å²) >= 11 is 1.38. The Hall–Kier alpha value is -1.02. The summed E-state index contributed by atoms with van der Waals surface area (Å²) in [6.07, 6.45) is 7.26. The van der Waals surface area contributed by atoms with Crippen LogP contribution in [-0.4, -0.2) is 5.12 Å². The smallest absolute Gasteiger partial charge is 0.197 e. The maximum Gasteiger partial charge on any atom is 0.197 e. The molecule has 0 N–H and O–H groups in total. The highest BCUT2D eigenvalue weighted by Gasteiger charge is 2.19. The van der Waals surface area contributed by atoms with Gasteiger partial charge in [0.15, 0.2) is 5.12 Å². The average Bonchev–Trinajstić information content (AvgIpc) is 2.31. The lowest BCUT2D eigenvalue weighted by atomic mass is 9.96. The van der Waals surface area contributed by atoms with Crippen molar-refractivity contribution in [2.75, 3.05) is 0 Å². The first-order valence-electron chi connectivity index (χ1n) is 5.28. The van der Waals surface area contributed by atoms with Crippen molar-refractivity contribution in [3.8, 4) is 0 Å². The molecule has 2 rings (SSSR count). The number of rotatable bonds is 2. The van der Waals surface area contributed by atoms with E-state index in [1.165, 1.54) is 11.8 Å². The molecule has 0 aromatic heterocycles. The van der Waals surface area contributed by atoms with Gasteiger partial charge >= 0.3 is 0 Å². The molecule has 0 saturated heterocycles. The van der Waals surface area contributed by atoms with Gasteiger partial charge in [0.05, 0.1) is 0 Å². The van der Waals surface area contributed by atoms with E-state index in [9.17, 15) is 4.79 Å². The van der Waals surface area contributed by atoms with Gasteiger partial charge < -0.3 is 0 Å². The van der Waals surface area contributed by atoms with E-state index in [0.29, 0.717) is 5.12 Å². The fraction of sp³-hybridized carbons (Fsp3) is 0.308. The summed E-state index contributed by atoms with van der Waals surface area (Å²) in [5.74, 6) is 0.222. The summed E-state index contributed by atoms with van der Waals surface area (Å²) < 4.78 is 0. The Morgan fingerprint density at radius 3 is 2.67 bits per heavy atom. The van der Waals surface area contributed by atoms with Gasteiger partial charge in [0, 0.05) is 10.8 Å². The largest absolute Gasteiger partial charge is 0.287 e. The van der Waals surface area contributed by atoms with Gasteiger partial charge in [0.2, 0.25) is 0 Å². The molecule has 0 fully saturated rings. The van der Waals surface area contributed by atoms with E-state index >= 15 is 0 Å².